The summed E-state index contributed by atoms with van der Waals surface area (Å²) in [5.41, 5.74) is 3.79. The summed E-state index contributed by atoms with van der Waals surface area (Å²) < 4.78 is 30.5. The minimum atomic E-state index is -0.609. The number of hydrogen-bond donors (Lipinski definition) is 0. The van der Waals surface area contributed by atoms with Gasteiger partial charge < -0.3 is 4.90 Å². The van der Waals surface area contributed by atoms with E-state index in [0.717, 1.165) is 36.0 Å². The van der Waals surface area contributed by atoms with E-state index in [9.17, 15) is 13.6 Å². The van der Waals surface area contributed by atoms with Crippen molar-refractivity contribution < 1.29 is 13.6 Å². The first-order valence-electron chi connectivity index (χ1n) is 13.6. The Morgan fingerprint density at radius 3 is 2.33 bits per heavy atom. The summed E-state index contributed by atoms with van der Waals surface area (Å²) >= 11 is 0. The van der Waals surface area contributed by atoms with Crippen LogP contribution in [-0.2, 0) is 4.79 Å². The molecule has 2 saturated heterocycles. The maximum atomic E-state index is 14.9. The SMILES string of the molecule is Cc1cc(C2CCN(C(=O)[C@@H]3CN(C(C)(C)C)C[C@H]3c3ccc(F)cc3F)CC2)n(-c2ccc(C#N)cc2)n1. The third-order valence-electron chi connectivity index (χ3n) is 8.27. The standard InChI is InChI=1S/C31H35F2N5O/c1-20-15-29(38(35-20)24-8-5-21(17-34)6-9-24)22-11-13-36(14-12-22)30(39)27-19-37(31(2,3)4)18-26(27)25-10-7-23(32)16-28(25)33/h5-10,15-16,22,26-27H,11-14,18-19H2,1-4H3/t26-,27+/m0/s1. The molecule has 2 aliphatic heterocycles. The van der Waals surface area contributed by atoms with Crippen molar-refractivity contribution in [2.45, 2.75) is 57.9 Å². The van der Waals surface area contributed by atoms with Crippen LogP contribution in [0.15, 0.2) is 48.5 Å². The lowest BCUT2D eigenvalue weighted by Gasteiger charge is -2.35. The van der Waals surface area contributed by atoms with Crippen molar-refractivity contribution >= 4 is 5.91 Å². The van der Waals surface area contributed by atoms with Crippen LogP contribution in [0.25, 0.3) is 5.69 Å². The lowest BCUT2D eigenvalue weighted by Crippen LogP contribution is -2.44. The quantitative estimate of drug-likeness (QED) is 0.443. The zero-order valence-electron chi connectivity index (χ0n) is 23.0. The largest absolute Gasteiger partial charge is 0.342 e. The van der Waals surface area contributed by atoms with Crippen LogP contribution in [0.5, 0.6) is 0 Å². The first-order chi connectivity index (χ1) is 18.5. The molecular formula is C31H35F2N5O. The molecule has 1 aromatic heterocycles. The lowest BCUT2D eigenvalue weighted by atomic mass is 9.86. The second-order valence-electron chi connectivity index (χ2n) is 11.8. The highest BCUT2D eigenvalue weighted by Crippen LogP contribution is 2.39. The minimum Gasteiger partial charge on any atom is -0.342 e. The smallest absolute Gasteiger partial charge is 0.227 e. The Kier molecular flexibility index (Phi) is 7.30. The summed E-state index contributed by atoms with van der Waals surface area (Å²) in [4.78, 5) is 18.0. The molecule has 0 spiro atoms. The first kappa shape index (κ1) is 27.0. The number of nitriles is 1. The van der Waals surface area contributed by atoms with Crippen molar-refractivity contribution in [1.82, 2.24) is 19.6 Å². The summed E-state index contributed by atoms with van der Waals surface area (Å²) in [5, 5.41) is 13.8. The van der Waals surface area contributed by atoms with Gasteiger partial charge in [0, 0.05) is 55.3 Å². The van der Waals surface area contributed by atoms with Crippen LogP contribution in [0.3, 0.4) is 0 Å². The molecule has 2 aromatic carbocycles. The average molecular weight is 532 g/mol. The molecule has 2 aliphatic rings. The Morgan fingerprint density at radius 2 is 1.72 bits per heavy atom. The molecular weight excluding hydrogens is 496 g/mol. The summed E-state index contributed by atoms with van der Waals surface area (Å²) in [6, 6.07) is 15.3. The summed E-state index contributed by atoms with van der Waals surface area (Å²) in [6.07, 6.45) is 1.61. The van der Waals surface area contributed by atoms with E-state index in [1.54, 1.807) is 12.1 Å². The normalized spacial score (nSPS) is 20.8. The number of nitrogens with zero attached hydrogens (tertiary/aromatic N) is 5. The van der Waals surface area contributed by atoms with Crippen molar-refractivity contribution in [2.24, 2.45) is 5.92 Å². The van der Waals surface area contributed by atoms with E-state index in [4.69, 9.17) is 10.4 Å². The topological polar surface area (TPSA) is 65.2 Å². The van der Waals surface area contributed by atoms with Gasteiger partial charge in [-0.2, -0.15) is 10.4 Å². The number of aryl methyl sites for hydroxylation is 1. The van der Waals surface area contributed by atoms with Crippen LogP contribution in [0.4, 0.5) is 8.78 Å². The molecule has 204 valence electrons. The number of aromatic nitrogens is 2. The van der Waals surface area contributed by atoms with Crippen LogP contribution in [0.1, 0.15) is 68.0 Å². The highest BCUT2D eigenvalue weighted by Gasteiger charge is 2.44. The highest BCUT2D eigenvalue weighted by atomic mass is 19.1. The van der Waals surface area contributed by atoms with Gasteiger partial charge in [-0.1, -0.05) is 6.07 Å². The third-order valence-corrected chi connectivity index (χ3v) is 8.27. The maximum Gasteiger partial charge on any atom is 0.227 e. The predicted octanol–water partition coefficient (Wildman–Crippen LogP) is 5.55. The van der Waals surface area contributed by atoms with Gasteiger partial charge in [-0.3, -0.25) is 9.69 Å². The predicted molar refractivity (Wildman–Crippen MR) is 145 cm³/mol. The number of carbonyl (C=O) groups is 1. The van der Waals surface area contributed by atoms with Gasteiger partial charge in [0.1, 0.15) is 11.6 Å². The molecule has 1 amide bonds. The third kappa shape index (κ3) is 5.46. The second kappa shape index (κ2) is 10.5. The summed E-state index contributed by atoms with van der Waals surface area (Å²) in [5.74, 6) is -1.61. The van der Waals surface area contributed by atoms with Crippen LogP contribution < -0.4 is 0 Å². The molecule has 5 rings (SSSR count). The van der Waals surface area contributed by atoms with Crippen LogP contribution in [0, 0.1) is 35.8 Å². The number of benzene rings is 2. The molecule has 0 N–H and O–H groups in total. The number of rotatable bonds is 4. The van der Waals surface area contributed by atoms with Crippen molar-refractivity contribution in [1.29, 1.82) is 5.26 Å². The number of piperidine rings is 1. The van der Waals surface area contributed by atoms with Gasteiger partial charge in [0.15, 0.2) is 0 Å². The van der Waals surface area contributed by atoms with Crippen molar-refractivity contribution in [3.63, 3.8) is 0 Å². The molecule has 0 radical (unpaired) electrons. The van der Waals surface area contributed by atoms with Crippen molar-refractivity contribution in [2.75, 3.05) is 26.2 Å². The number of amides is 1. The van der Waals surface area contributed by atoms with Gasteiger partial charge in [-0.15, -0.1) is 0 Å². The lowest BCUT2D eigenvalue weighted by molar-refractivity contribution is -0.136. The zero-order chi connectivity index (χ0) is 27.9. The highest BCUT2D eigenvalue weighted by molar-refractivity contribution is 5.81. The molecule has 39 heavy (non-hydrogen) atoms. The molecule has 0 saturated carbocycles. The second-order valence-corrected chi connectivity index (χ2v) is 11.8. The fraction of sp³-hybridized carbons (Fsp3) is 0.452. The molecule has 0 unspecified atom stereocenters. The van der Waals surface area contributed by atoms with Crippen LogP contribution >= 0.6 is 0 Å². The van der Waals surface area contributed by atoms with Gasteiger partial charge >= 0.3 is 0 Å². The number of carbonyl (C=O) groups excluding carboxylic acids is 1. The molecule has 0 bridgehead atoms. The number of likely N-dealkylation sites (tertiary alicyclic amines) is 2. The molecule has 3 heterocycles. The Hall–Kier alpha value is -3.57. The van der Waals surface area contributed by atoms with Gasteiger partial charge in [0.05, 0.1) is 28.9 Å². The monoisotopic (exact) mass is 531 g/mol. The number of halogens is 2. The first-order valence-corrected chi connectivity index (χ1v) is 13.6. The van der Waals surface area contributed by atoms with E-state index in [-0.39, 0.29) is 29.2 Å². The van der Waals surface area contributed by atoms with Gasteiger partial charge in [0.2, 0.25) is 5.91 Å². The molecule has 6 nitrogen and oxygen atoms in total. The Morgan fingerprint density at radius 1 is 1.03 bits per heavy atom. The van der Waals surface area contributed by atoms with Gasteiger partial charge in [-0.25, -0.2) is 13.5 Å². The van der Waals surface area contributed by atoms with Gasteiger partial charge in [-0.05, 0) is 82.5 Å². The fourth-order valence-corrected chi connectivity index (χ4v) is 6.04. The molecule has 3 aromatic rings. The average Bonchev–Trinajstić information content (AvgIpc) is 3.53. The summed E-state index contributed by atoms with van der Waals surface area (Å²) in [6.45, 7) is 10.6. The van der Waals surface area contributed by atoms with Crippen LogP contribution in [0.2, 0.25) is 0 Å². The van der Waals surface area contributed by atoms with Crippen molar-refractivity contribution in [3.05, 3.63) is 82.7 Å². The van der Waals surface area contributed by atoms with E-state index in [1.165, 1.54) is 12.1 Å². The zero-order valence-corrected chi connectivity index (χ0v) is 23.0. The fourth-order valence-electron chi connectivity index (χ4n) is 6.04. The maximum absolute atomic E-state index is 14.9. The molecule has 2 fully saturated rings. The Labute approximate surface area is 228 Å². The van der Waals surface area contributed by atoms with Crippen molar-refractivity contribution in [3.8, 4) is 11.8 Å². The molecule has 2 atom stereocenters. The Bertz CT molecular complexity index is 1390. The molecule has 0 aliphatic carbocycles. The van der Waals surface area contributed by atoms with E-state index in [1.807, 2.05) is 28.6 Å². The van der Waals surface area contributed by atoms with Gasteiger partial charge in [0.25, 0.3) is 0 Å². The van der Waals surface area contributed by atoms with E-state index >= 15 is 0 Å². The van der Waals surface area contributed by atoms with E-state index in [0.29, 0.717) is 37.3 Å². The van der Waals surface area contributed by atoms with Crippen LogP contribution in [-0.4, -0.2) is 57.2 Å². The van der Waals surface area contributed by atoms with E-state index < -0.39 is 11.6 Å². The number of hydrogen-bond acceptors (Lipinski definition) is 4. The summed E-state index contributed by atoms with van der Waals surface area (Å²) in [7, 11) is 0. The Balaban J connectivity index is 1.33. The van der Waals surface area contributed by atoms with E-state index in [2.05, 4.69) is 37.8 Å². The minimum absolute atomic E-state index is 0.0469. The molecule has 8 heteroatoms.